The number of halogens is 1. The molecule has 1 aromatic carbocycles. The summed E-state index contributed by atoms with van der Waals surface area (Å²) in [6, 6.07) is 6.61. The van der Waals surface area contributed by atoms with E-state index in [2.05, 4.69) is 25.8 Å². The number of hydrogen-bond donors (Lipinski definition) is 4. The second-order valence-electron chi connectivity index (χ2n) is 4.97. The minimum absolute atomic E-state index is 0.00394. The van der Waals surface area contributed by atoms with E-state index < -0.39 is 5.82 Å². The molecule has 7 nitrogen and oxygen atoms in total. The number of fused-ring (bicyclic) bond motifs is 2. The summed E-state index contributed by atoms with van der Waals surface area (Å²) in [5, 5.41) is 12.4. The predicted molar refractivity (Wildman–Crippen MR) is 79.2 cm³/mol. The molecule has 0 radical (unpaired) electrons. The van der Waals surface area contributed by atoms with Crippen molar-refractivity contribution in [2.24, 2.45) is 0 Å². The Morgan fingerprint density at radius 2 is 2.23 bits per heavy atom. The molecule has 5 N–H and O–H groups in total. The summed E-state index contributed by atoms with van der Waals surface area (Å²) >= 11 is 0. The zero-order chi connectivity index (χ0) is 15.3. The molecular weight excluding hydrogens is 287 g/mol. The fraction of sp³-hybridized carbons (Fsp3) is 0.0714. The van der Waals surface area contributed by atoms with E-state index in [1.54, 1.807) is 12.1 Å². The normalized spacial score (nSPS) is 13.2. The number of hydrogen-bond acceptors (Lipinski definition) is 5. The minimum Gasteiger partial charge on any atom is -0.382 e. The molecule has 22 heavy (non-hydrogen) atoms. The number of nitrogens with two attached hydrogens (primary N) is 1. The van der Waals surface area contributed by atoms with Crippen LogP contribution in [0, 0.1) is 5.82 Å². The monoisotopic (exact) mass is 298 g/mol. The summed E-state index contributed by atoms with van der Waals surface area (Å²) in [7, 11) is 0. The first-order valence-electron chi connectivity index (χ1n) is 6.60. The van der Waals surface area contributed by atoms with Crippen molar-refractivity contribution in [2.45, 2.75) is 6.54 Å². The number of nitrogen functional groups attached to an aromatic ring is 1. The van der Waals surface area contributed by atoms with Gasteiger partial charge in [-0.1, -0.05) is 12.1 Å². The van der Waals surface area contributed by atoms with E-state index in [1.807, 2.05) is 6.07 Å². The van der Waals surface area contributed by atoms with Crippen LogP contribution < -0.4 is 16.4 Å². The maximum atomic E-state index is 14.2. The van der Waals surface area contributed by atoms with Crippen LogP contribution in [0.15, 0.2) is 24.3 Å². The van der Waals surface area contributed by atoms with E-state index in [1.165, 1.54) is 6.07 Å². The smallest absolute Gasteiger partial charge is 0.254 e. The van der Waals surface area contributed by atoms with Crippen molar-refractivity contribution >= 4 is 34.3 Å². The Morgan fingerprint density at radius 1 is 1.36 bits per heavy atom. The molecule has 0 saturated carbocycles. The number of H-pyrrole nitrogens is 1. The van der Waals surface area contributed by atoms with Gasteiger partial charge in [-0.25, -0.2) is 9.37 Å². The van der Waals surface area contributed by atoms with Crippen LogP contribution in [-0.4, -0.2) is 21.1 Å². The van der Waals surface area contributed by atoms with E-state index >= 15 is 0 Å². The number of carbonyl (C=O) groups is 1. The molecule has 1 aliphatic rings. The van der Waals surface area contributed by atoms with Crippen molar-refractivity contribution in [1.82, 2.24) is 20.5 Å². The predicted octanol–water partition coefficient (Wildman–Crippen LogP) is 1.67. The number of nitrogens with one attached hydrogen (secondary N) is 3. The van der Waals surface area contributed by atoms with Gasteiger partial charge in [0.05, 0.1) is 16.6 Å². The SMILES string of the molecule is Nc1n[nH]c2nc(Nc3cccc4c3C(=O)NC4)c(F)cc12. The molecule has 0 unspecified atom stereocenters. The van der Waals surface area contributed by atoms with Crippen molar-refractivity contribution in [3.05, 3.63) is 41.2 Å². The van der Waals surface area contributed by atoms with Gasteiger partial charge in [-0.2, -0.15) is 5.10 Å². The number of nitrogens with zero attached hydrogens (tertiary/aromatic N) is 2. The Morgan fingerprint density at radius 3 is 3.09 bits per heavy atom. The molecule has 4 rings (SSSR count). The Hall–Kier alpha value is -3.16. The second-order valence-corrected chi connectivity index (χ2v) is 4.97. The number of benzene rings is 1. The van der Waals surface area contributed by atoms with Crippen molar-refractivity contribution in [3.63, 3.8) is 0 Å². The summed E-state index contributed by atoms with van der Waals surface area (Å²) in [4.78, 5) is 16.0. The number of amides is 1. The van der Waals surface area contributed by atoms with Gasteiger partial charge in [-0.3, -0.25) is 9.89 Å². The van der Waals surface area contributed by atoms with Crippen molar-refractivity contribution in [3.8, 4) is 0 Å². The van der Waals surface area contributed by atoms with Crippen molar-refractivity contribution in [2.75, 3.05) is 11.1 Å². The zero-order valence-electron chi connectivity index (χ0n) is 11.3. The molecule has 0 bridgehead atoms. The molecule has 0 aliphatic carbocycles. The number of anilines is 3. The summed E-state index contributed by atoms with van der Waals surface area (Å²) in [5.41, 5.74) is 7.87. The third kappa shape index (κ3) is 1.77. The molecule has 1 aliphatic heterocycles. The van der Waals surface area contributed by atoms with Crippen LogP contribution in [0.3, 0.4) is 0 Å². The fourth-order valence-corrected chi connectivity index (χ4v) is 2.54. The summed E-state index contributed by atoms with van der Waals surface area (Å²) in [6.45, 7) is 0.468. The molecule has 3 heterocycles. The lowest BCUT2D eigenvalue weighted by Gasteiger charge is -2.10. The van der Waals surface area contributed by atoms with Gasteiger partial charge in [0.1, 0.15) is 0 Å². The molecule has 3 aromatic rings. The first-order valence-corrected chi connectivity index (χ1v) is 6.60. The van der Waals surface area contributed by atoms with Gasteiger partial charge < -0.3 is 16.4 Å². The highest BCUT2D eigenvalue weighted by Gasteiger charge is 2.23. The van der Waals surface area contributed by atoms with E-state index in [-0.39, 0.29) is 17.5 Å². The molecule has 0 atom stereocenters. The number of aromatic nitrogens is 3. The molecule has 8 heteroatoms. The Labute approximate surface area is 123 Å². The van der Waals surface area contributed by atoms with Crippen molar-refractivity contribution in [1.29, 1.82) is 0 Å². The van der Waals surface area contributed by atoms with Crippen LogP contribution >= 0.6 is 0 Å². The number of rotatable bonds is 2. The first kappa shape index (κ1) is 12.6. The van der Waals surface area contributed by atoms with Gasteiger partial charge in [0, 0.05) is 6.54 Å². The fourth-order valence-electron chi connectivity index (χ4n) is 2.54. The Bertz CT molecular complexity index is 919. The first-order chi connectivity index (χ1) is 10.6. The number of pyridine rings is 1. The second kappa shape index (κ2) is 4.42. The average molecular weight is 298 g/mol. The van der Waals surface area contributed by atoms with Crippen LogP contribution in [0.25, 0.3) is 11.0 Å². The molecule has 0 spiro atoms. The van der Waals surface area contributed by atoms with Gasteiger partial charge >= 0.3 is 0 Å². The third-order valence-corrected chi connectivity index (χ3v) is 3.60. The average Bonchev–Trinajstić information content (AvgIpc) is 3.05. The lowest BCUT2D eigenvalue weighted by molar-refractivity contribution is 0.0966. The minimum atomic E-state index is -0.573. The molecular formula is C14H11FN6O. The summed E-state index contributed by atoms with van der Waals surface area (Å²) in [5.74, 6) is -0.570. The summed E-state index contributed by atoms with van der Waals surface area (Å²) in [6.07, 6.45) is 0. The van der Waals surface area contributed by atoms with Crippen molar-refractivity contribution < 1.29 is 9.18 Å². The third-order valence-electron chi connectivity index (χ3n) is 3.60. The number of aromatic amines is 1. The summed E-state index contributed by atoms with van der Waals surface area (Å²) < 4.78 is 14.2. The van der Waals surface area contributed by atoms with E-state index in [9.17, 15) is 9.18 Å². The highest BCUT2D eigenvalue weighted by molar-refractivity contribution is 6.04. The Kier molecular flexibility index (Phi) is 2.52. The highest BCUT2D eigenvalue weighted by Crippen LogP contribution is 2.29. The van der Waals surface area contributed by atoms with Crippen LogP contribution in [0.2, 0.25) is 0 Å². The van der Waals surface area contributed by atoms with Gasteiger partial charge in [0.2, 0.25) is 0 Å². The molecule has 1 amide bonds. The van der Waals surface area contributed by atoms with E-state index in [4.69, 9.17) is 5.73 Å². The van der Waals surface area contributed by atoms with Crippen LogP contribution in [0.5, 0.6) is 0 Å². The van der Waals surface area contributed by atoms with E-state index in [0.29, 0.717) is 28.8 Å². The van der Waals surface area contributed by atoms with E-state index in [0.717, 1.165) is 5.56 Å². The van der Waals surface area contributed by atoms with Gasteiger partial charge in [0.15, 0.2) is 23.1 Å². The lowest BCUT2D eigenvalue weighted by atomic mass is 10.1. The van der Waals surface area contributed by atoms with Crippen LogP contribution in [0.4, 0.5) is 21.7 Å². The van der Waals surface area contributed by atoms with Gasteiger partial charge in [0.25, 0.3) is 5.91 Å². The quantitative estimate of drug-likeness (QED) is 0.575. The largest absolute Gasteiger partial charge is 0.382 e. The maximum Gasteiger partial charge on any atom is 0.254 e. The molecule has 0 saturated heterocycles. The molecule has 110 valence electrons. The van der Waals surface area contributed by atoms with Gasteiger partial charge in [-0.15, -0.1) is 0 Å². The topological polar surface area (TPSA) is 109 Å². The molecule has 2 aromatic heterocycles. The standard InChI is InChI=1S/C14H11FN6O/c15-8-4-7-11(16)20-21-12(7)19-13(8)18-9-3-1-2-6-5-17-14(22)10(6)9/h1-4H,5H2,(H,17,22)(H4,16,18,19,20,21). The zero-order valence-corrected chi connectivity index (χ0v) is 11.3. The Balaban J connectivity index is 1.80. The molecule has 0 fully saturated rings. The lowest BCUT2D eigenvalue weighted by Crippen LogP contribution is -2.13. The highest BCUT2D eigenvalue weighted by atomic mass is 19.1. The maximum absolute atomic E-state index is 14.2. The van der Waals surface area contributed by atoms with Crippen LogP contribution in [0.1, 0.15) is 15.9 Å². The number of carbonyl (C=O) groups excluding carboxylic acids is 1. The van der Waals surface area contributed by atoms with Crippen LogP contribution in [-0.2, 0) is 6.54 Å². The van der Waals surface area contributed by atoms with Gasteiger partial charge in [-0.05, 0) is 17.7 Å².